The molecule has 2 heterocycles. The fourth-order valence-electron chi connectivity index (χ4n) is 11.2. The second-order valence-electron chi connectivity index (χ2n) is 22.6. The van der Waals surface area contributed by atoms with Crippen LogP contribution in [0.2, 0.25) is 0 Å². The number of furan rings is 2. The van der Waals surface area contributed by atoms with Crippen molar-refractivity contribution < 1.29 is 8.83 Å². The van der Waals surface area contributed by atoms with Crippen LogP contribution in [0.4, 0.5) is 51.2 Å². The summed E-state index contributed by atoms with van der Waals surface area (Å²) in [5.41, 5.74) is 19.4. The first kappa shape index (κ1) is 49.0. The van der Waals surface area contributed by atoms with E-state index in [9.17, 15) is 0 Å². The van der Waals surface area contributed by atoms with Gasteiger partial charge in [0.2, 0.25) is 0 Å². The molecule has 0 radical (unpaired) electrons. The zero-order valence-corrected chi connectivity index (χ0v) is 45.5. The highest BCUT2D eigenvalue weighted by Gasteiger charge is 2.25. The second kappa shape index (κ2) is 19.8. The minimum Gasteiger partial charge on any atom is -0.455 e. The number of benzene rings is 11. The Balaban J connectivity index is 0.997. The maximum Gasteiger partial charge on any atom is 0.143 e. The number of rotatable bonds is 11. The summed E-state index contributed by atoms with van der Waals surface area (Å²) in [4.78, 5) is 7.01. The van der Waals surface area contributed by atoms with Crippen molar-refractivity contribution in [2.75, 3.05) is 14.7 Å². The predicted molar refractivity (Wildman–Crippen MR) is 333 cm³/mol. The van der Waals surface area contributed by atoms with Gasteiger partial charge >= 0.3 is 0 Å². The molecule has 13 rings (SSSR count). The molecule has 0 aliphatic carbocycles. The van der Waals surface area contributed by atoms with E-state index in [1.54, 1.807) is 0 Å². The average molecular weight is 1020 g/mol. The first-order valence-electron chi connectivity index (χ1n) is 27.3. The largest absolute Gasteiger partial charge is 0.455 e. The van der Waals surface area contributed by atoms with Crippen LogP contribution >= 0.6 is 0 Å². The van der Waals surface area contributed by atoms with Crippen molar-refractivity contribution in [2.24, 2.45) is 0 Å². The van der Waals surface area contributed by atoms with E-state index in [2.05, 4.69) is 317 Å². The molecular formula is C74H61N3O2. The highest BCUT2D eigenvalue weighted by atomic mass is 16.3. The Morgan fingerprint density at radius 2 is 0.544 bits per heavy atom. The number of hydrogen-bond acceptors (Lipinski definition) is 5. The average Bonchev–Trinajstić information content (AvgIpc) is 4.28. The third-order valence-corrected chi connectivity index (χ3v) is 15.3. The van der Waals surface area contributed by atoms with Gasteiger partial charge in [-0.05, 0) is 142 Å². The summed E-state index contributed by atoms with van der Waals surface area (Å²) >= 11 is 0. The van der Waals surface area contributed by atoms with Gasteiger partial charge in [0, 0.05) is 96.0 Å². The number of hydrogen-bond donors (Lipinski definition) is 0. The van der Waals surface area contributed by atoms with E-state index in [0.29, 0.717) is 0 Å². The zero-order chi connectivity index (χ0) is 53.8. The summed E-state index contributed by atoms with van der Waals surface area (Å²) in [6.07, 6.45) is 0. The number of fused-ring (bicyclic) bond motifs is 6. The van der Waals surface area contributed by atoms with E-state index in [0.717, 1.165) is 117 Å². The van der Waals surface area contributed by atoms with E-state index in [1.807, 2.05) is 0 Å². The Labute approximate surface area is 462 Å². The monoisotopic (exact) mass is 1020 g/mol. The van der Waals surface area contributed by atoms with Crippen molar-refractivity contribution >= 4 is 95.1 Å². The number of anilines is 9. The van der Waals surface area contributed by atoms with E-state index in [-0.39, 0.29) is 10.8 Å². The fourth-order valence-corrected chi connectivity index (χ4v) is 11.2. The molecule has 13 aromatic rings. The molecule has 5 heteroatoms. The molecule has 384 valence electrons. The SMILES string of the molecule is CC(C)(C)c1ccc(N(c2ccccc2)c2ccc3c(c2)oc2c(-c4ccccc4)cc(N(c4ccccc4)c4cc(-c5ccccc5)c5oc6cc(N(c7ccccc7)c7ccc(C(C)(C)C)cc7)ccc6c5c4)cc23)cc1. The molecule has 79 heavy (non-hydrogen) atoms. The third kappa shape index (κ3) is 9.27. The van der Waals surface area contributed by atoms with Crippen LogP contribution in [0.5, 0.6) is 0 Å². The molecule has 0 aliphatic heterocycles. The van der Waals surface area contributed by atoms with Gasteiger partial charge in [0.1, 0.15) is 22.3 Å². The standard InChI is InChI=1S/C74H61N3O2/c1-73(2,3)52-32-36-57(37-33-52)75(54-26-16-9-17-27-54)59-40-42-63-67-46-61(44-65(50-22-12-7-13-23-50)71(67)78-69(63)48-59)77(56-30-20-11-21-31-56)62-45-66(51-24-14-8-15-25-51)72-68(47-62)64-43-41-60(49-70(64)79-72)76(55-28-18-10-19-29-55)58-38-34-53(35-39-58)74(4,5)6/h7-49H,1-6H3. The van der Waals surface area contributed by atoms with Gasteiger partial charge in [-0.15, -0.1) is 0 Å². The van der Waals surface area contributed by atoms with Crippen LogP contribution in [0.15, 0.2) is 270 Å². The smallest absolute Gasteiger partial charge is 0.143 e. The highest BCUT2D eigenvalue weighted by Crippen LogP contribution is 2.49. The van der Waals surface area contributed by atoms with E-state index < -0.39 is 0 Å². The summed E-state index contributed by atoms with van der Waals surface area (Å²) < 4.78 is 14.2. The van der Waals surface area contributed by atoms with Gasteiger partial charge in [-0.25, -0.2) is 0 Å². The van der Waals surface area contributed by atoms with E-state index in [4.69, 9.17) is 8.83 Å². The molecular weight excluding hydrogens is 963 g/mol. The van der Waals surface area contributed by atoms with E-state index >= 15 is 0 Å². The Morgan fingerprint density at radius 3 is 0.873 bits per heavy atom. The van der Waals surface area contributed by atoms with Crippen molar-refractivity contribution in [2.45, 2.75) is 52.4 Å². The summed E-state index contributed by atoms with van der Waals surface area (Å²) in [5, 5.41) is 4.13. The molecule has 0 amide bonds. The van der Waals surface area contributed by atoms with Gasteiger partial charge in [0.05, 0.1) is 0 Å². The quantitative estimate of drug-likeness (QED) is 0.129. The lowest BCUT2D eigenvalue weighted by Gasteiger charge is -2.27. The van der Waals surface area contributed by atoms with Crippen molar-refractivity contribution in [1.82, 2.24) is 0 Å². The number of nitrogens with zero attached hydrogens (tertiary/aromatic N) is 3. The topological polar surface area (TPSA) is 36.0 Å². The summed E-state index contributed by atoms with van der Waals surface area (Å²) in [7, 11) is 0. The lowest BCUT2D eigenvalue weighted by Crippen LogP contribution is -2.13. The van der Waals surface area contributed by atoms with Gasteiger partial charge in [-0.2, -0.15) is 0 Å². The minimum absolute atomic E-state index is 0.0378. The maximum atomic E-state index is 7.12. The lowest BCUT2D eigenvalue weighted by atomic mass is 9.87. The molecule has 0 saturated heterocycles. The van der Waals surface area contributed by atoms with Crippen molar-refractivity contribution in [3.8, 4) is 22.3 Å². The third-order valence-electron chi connectivity index (χ3n) is 15.3. The molecule has 0 atom stereocenters. The van der Waals surface area contributed by atoms with Gasteiger partial charge in [-0.3, -0.25) is 0 Å². The molecule has 11 aromatic carbocycles. The molecule has 0 bridgehead atoms. The Morgan fingerprint density at radius 1 is 0.253 bits per heavy atom. The molecule has 0 N–H and O–H groups in total. The first-order valence-corrected chi connectivity index (χ1v) is 27.3. The maximum absolute atomic E-state index is 7.12. The highest BCUT2D eigenvalue weighted by molar-refractivity contribution is 6.15. The lowest BCUT2D eigenvalue weighted by molar-refractivity contribution is 0.590. The van der Waals surface area contributed by atoms with Gasteiger partial charge in [0.25, 0.3) is 0 Å². The Kier molecular flexibility index (Phi) is 12.3. The first-order chi connectivity index (χ1) is 38.4. The van der Waals surface area contributed by atoms with Gasteiger partial charge < -0.3 is 23.5 Å². The Bertz CT molecular complexity index is 4030. The Hall–Kier alpha value is -9.58. The predicted octanol–water partition coefficient (Wildman–Crippen LogP) is 21.8. The summed E-state index contributed by atoms with van der Waals surface area (Å²) in [5.74, 6) is 0. The van der Waals surface area contributed by atoms with Crippen LogP contribution in [0.25, 0.3) is 66.1 Å². The van der Waals surface area contributed by atoms with Crippen LogP contribution < -0.4 is 14.7 Å². The summed E-state index contributed by atoms with van der Waals surface area (Å²) in [6.45, 7) is 13.5. The molecule has 0 fully saturated rings. The molecule has 2 aromatic heterocycles. The molecule has 5 nitrogen and oxygen atoms in total. The van der Waals surface area contributed by atoms with Crippen LogP contribution in [-0.2, 0) is 10.8 Å². The minimum atomic E-state index is 0.0378. The van der Waals surface area contributed by atoms with Crippen molar-refractivity contribution in [1.29, 1.82) is 0 Å². The fraction of sp³-hybridized carbons (Fsp3) is 0.108. The zero-order valence-electron chi connectivity index (χ0n) is 45.5. The van der Waals surface area contributed by atoms with E-state index in [1.165, 1.54) is 11.1 Å². The van der Waals surface area contributed by atoms with Crippen LogP contribution in [0, 0.1) is 0 Å². The van der Waals surface area contributed by atoms with Crippen LogP contribution in [0.1, 0.15) is 52.7 Å². The van der Waals surface area contributed by atoms with Crippen LogP contribution in [-0.4, -0.2) is 0 Å². The molecule has 0 aliphatic rings. The normalized spacial score (nSPS) is 11.9. The molecule has 0 spiro atoms. The van der Waals surface area contributed by atoms with Crippen LogP contribution in [0.3, 0.4) is 0 Å². The van der Waals surface area contributed by atoms with Crippen molar-refractivity contribution in [3.63, 3.8) is 0 Å². The summed E-state index contributed by atoms with van der Waals surface area (Å²) in [6, 6.07) is 93.5. The number of para-hydroxylation sites is 3. The van der Waals surface area contributed by atoms with Crippen molar-refractivity contribution in [3.05, 3.63) is 272 Å². The molecule has 0 saturated carbocycles. The van der Waals surface area contributed by atoms with Gasteiger partial charge in [0.15, 0.2) is 0 Å². The molecule has 0 unspecified atom stereocenters. The van der Waals surface area contributed by atoms with Gasteiger partial charge in [-0.1, -0.05) is 181 Å². The second-order valence-corrected chi connectivity index (χ2v) is 22.6.